The van der Waals surface area contributed by atoms with Gasteiger partial charge >= 0.3 is 0 Å². The lowest BCUT2D eigenvalue weighted by Gasteiger charge is -2.23. The summed E-state index contributed by atoms with van der Waals surface area (Å²) in [4.78, 5) is 21.1. The van der Waals surface area contributed by atoms with Crippen molar-refractivity contribution in [3.8, 4) is 17.0 Å². The van der Waals surface area contributed by atoms with E-state index in [2.05, 4.69) is 15.3 Å². The third-order valence-electron chi connectivity index (χ3n) is 5.43. The lowest BCUT2D eigenvalue weighted by Crippen LogP contribution is -2.42. The van der Waals surface area contributed by atoms with Crippen molar-refractivity contribution in [2.45, 2.75) is 32.0 Å². The van der Waals surface area contributed by atoms with Gasteiger partial charge in [-0.2, -0.15) is 0 Å². The predicted octanol–water partition coefficient (Wildman–Crippen LogP) is 3.75. The summed E-state index contributed by atoms with van der Waals surface area (Å²) in [5.41, 5.74) is 1.54. The minimum Gasteiger partial charge on any atom is -0.472 e. The van der Waals surface area contributed by atoms with Crippen molar-refractivity contribution >= 4 is 5.91 Å². The fourth-order valence-electron chi connectivity index (χ4n) is 3.37. The molecule has 0 bridgehead atoms. The molecule has 160 valence electrons. The Morgan fingerprint density at radius 3 is 2.71 bits per heavy atom. The van der Waals surface area contributed by atoms with E-state index in [-0.39, 0.29) is 30.8 Å². The van der Waals surface area contributed by atoms with Gasteiger partial charge in [0.15, 0.2) is 0 Å². The number of carbonyl (C=O) groups is 1. The van der Waals surface area contributed by atoms with E-state index in [1.807, 2.05) is 12.1 Å². The number of aromatic nitrogens is 2. The zero-order chi connectivity index (χ0) is 21.8. The van der Waals surface area contributed by atoms with Crippen molar-refractivity contribution in [2.75, 3.05) is 6.54 Å². The molecule has 1 aliphatic carbocycles. The normalized spacial score (nSPS) is 15.2. The van der Waals surface area contributed by atoms with Crippen molar-refractivity contribution in [3.63, 3.8) is 0 Å². The second kappa shape index (κ2) is 8.81. The van der Waals surface area contributed by atoms with Crippen LogP contribution in [-0.4, -0.2) is 33.1 Å². The van der Waals surface area contributed by atoms with E-state index in [0.29, 0.717) is 22.6 Å². The number of pyridine rings is 2. The molecule has 0 unspecified atom stereocenters. The van der Waals surface area contributed by atoms with Crippen LogP contribution in [0.15, 0.2) is 61.1 Å². The van der Waals surface area contributed by atoms with Gasteiger partial charge in [-0.15, -0.1) is 0 Å². The number of nitrogens with zero attached hydrogens (tertiary/aromatic N) is 2. The molecule has 1 aliphatic rings. The number of halogens is 1. The third-order valence-corrected chi connectivity index (χ3v) is 5.43. The van der Waals surface area contributed by atoms with Crippen LogP contribution in [0.5, 0.6) is 5.88 Å². The molecule has 1 atom stereocenters. The van der Waals surface area contributed by atoms with Crippen molar-refractivity contribution in [2.24, 2.45) is 5.92 Å². The largest absolute Gasteiger partial charge is 0.472 e. The van der Waals surface area contributed by atoms with Gasteiger partial charge in [-0.05, 0) is 55.5 Å². The highest BCUT2D eigenvalue weighted by molar-refractivity contribution is 5.95. The van der Waals surface area contributed by atoms with E-state index < -0.39 is 5.60 Å². The SMILES string of the molecule is C[C@](O)(CNC(=O)c1cnc(OCc2cccnc2)c(-c2ccc(F)cc2)c1)C1CC1. The standard InChI is InChI=1S/C24H24FN3O3/c1-24(30,19-6-7-19)15-28-22(29)18-11-21(17-4-8-20(25)9-5-17)23(27-13-18)31-14-16-3-2-10-26-12-16/h2-5,8-13,19,30H,6-7,14-15H2,1H3,(H,28,29)/t24-/m0/s1. The van der Waals surface area contributed by atoms with E-state index in [9.17, 15) is 14.3 Å². The van der Waals surface area contributed by atoms with Gasteiger partial charge in [-0.1, -0.05) is 18.2 Å². The Kier molecular flexibility index (Phi) is 5.95. The number of ether oxygens (including phenoxy) is 1. The minimum atomic E-state index is -0.921. The first kappa shape index (κ1) is 20.9. The molecule has 4 rings (SSSR count). The maximum atomic E-state index is 13.4. The number of hydrogen-bond acceptors (Lipinski definition) is 5. The predicted molar refractivity (Wildman–Crippen MR) is 114 cm³/mol. The van der Waals surface area contributed by atoms with Crippen molar-refractivity contribution in [3.05, 3.63) is 78.0 Å². The Morgan fingerprint density at radius 1 is 1.26 bits per heavy atom. The van der Waals surface area contributed by atoms with Gasteiger partial charge in [0.1, 0.15) is 12.4 Å². The van der Waals surface area contributed by atoms with Crippen LogP contribution in [0.2, 0.25) is 0 Å². The molecule has 2 aromatic heterocycles. The molecule has 1 aromatic carbocycles. The number of carbonyl (C=O) groups excluding carboxylic acids is 1. The Balaban J connectivity index is 1.56. The highest BCUT2D eigenvalue weighted by atomic mass is 19.1. The smallest absolute Gasteiger partial charge is 0.252 e. The number of benzene rings is 1. The van der Waals surface area contributed by atoms with E-state index in [0.717, 1.165) is 18.4 Å². The monoisotopic (exact) mass is 421 g/mol. The first-order valence-electron chi connectivity index (χ1n) is 10.2. The van der Waals surface area contributed by atoms with Gasteiger partial charge in [-0.25, -0.2) is 9.37 Å². The number of rotatable bonds is 8. The van der Waals surface area contributed by atoms with Crippen LogP contribution in [0.1, 0.15) is 35.7 Å². The molecule has 6 nitrogen and oxygen atoms in total. The third kappa shape index (κ3) is 5.24. The van der Waals surface area contributed by atoms with Gasteiger partial charge in [0.05, 0.1) is 11.2 Å². The highest BCUT2D eigenvalue weighted by Crippen LogP contribution is 2.39. The van der Waals surface area contributed by atoms with E-state index in [4.69, 9.17) is 4.74 Å². The van der Waals surface area contributed by atoms with Crippen LogP contribution < -0.4 is 10.1 Å². The van der Waals surface area contributed by atoms with Gasteiger partial charge in [0.2, 0.25) is 5.88 Å². The molecule has 0 spiro atoms. The molecule has 1 amide bonds. The summed E-state index contributed by atoms with van der Waals surface area (Å²) in [7, 11) is 0. The molecule has 1 fully saturated rings. The Labute approximate surface area is 180 Å². The van der Waals surface area contributed by atoms with E-state index in [1.165, 1.54) is 18.3 Å². The average Bonchev–Trinajstić information content (AvgIpc) is 3.64. The number of hydrogen-bond donors (Lipinski definition) is 2. The summed E-state index contributed by atoms with van der Waals surface area (Å²) in [6.45, 7) is 2.16. The molecular weight excluding hydrogens is 397 g/mol. The topological polar surface area (TPSA) is 84.3 Å². The molecule has 1 saturated carbocycles. The molecule has 3 aromatic rings. The van der Waals surface area contributed by atoms with Crippen molar-refractivity contribution < 1.29 is 19.0 Å². The summed E-state index contributed by atoms with van der Waals surface area (Å²) in [6.07, 6.45) is 6.77. The van der Waals surface area contributed by atoms with Crippen molar-refractivity contribution in [1.82, 2.24) is 15.3 Å². The zero-order valence-electron chi connectivity index (χ0n) is 17.2. The fourth-order valence-corrected chi connectivity index (χ4v) is 3.37. The number of nitrogens with one attached hydrogen (secondary N) is 1. The van der Waals surface area contributed by atoms with Crippen LogP contribution in [0.4, 0.5) is 4.39 Å². The summed E-state index contributed by atoms with van der Waals surface area (Å²) in [6, 6.07) is 11.3. The molecular formula is C24H24FN3O3. The highest BCUT2D eigenvalue weighted by Gasteiger charge is 2.40. The van der Waals surface area contributed by atoms with Crippen molar-refractivity contribution in [1.29, 1.82) is 0 Å². The second-order valence-corrected chi connectivity index (χ2v) is 8.05. The van der Waals surface area contributed by atoms with Gasteiger partial charge in [0, 0.05) is 36.3 Å². The number of amides is 1. The maximum absolute atomic E-state index is 13.4. The lowest BCUT2D eigenvalue weighted by atomic mass is 10.0. The van der Waals surface area contributed by atoms with Gasteiger partial charge in [-0.3, -0.25) is 9.78 Å². The Bertz CT molecular complexity index is 1050. The van der Waals surface area contributed by atoms with Crippen LogP contribution in [-0.2, 0) is 6.61 Å². The summed E-state index contributed by atoms with van der Waals surface area (Å²) in [5.74, 6) is -0.137. The molecule has 0 radical (unpaired) electrons. The first-order chi connectivity index (χ1) is 14.9. The molecule has 0 saturated heterocycles. The maximum Gasteiger partial charge on any atom is 0.252 e. The molecule has 2 heterocycles. The van der Waals surface area contributed by atoms with Gasteiger partial charge < -0.3 is 15.2 Å². The van der Waals surface area contributed by atoms with Gasteiger partial charge in [0.25, 0.3) is 5.91 Å². The van der Waals surface area contributed by atoms with E-state index in [1.54, 1.807) is 37.5 Å². The van der Waals surface area contributed by atoms with Crippen LogP contribution in [0.25, 0.3) is 11.1 Å². The molecule has 0 aliphatic heterocycles. The fraction of sp³-hybridized carbons (Fsp3) is 0.292. The summed E-state index contributed by atoms with van der Waals surface area (Å²) < 4.78 is 19.3. The van der Waals surface area contributed by atoms with E-state index >= 15 is 0 Å². The van der Waals surface area contributed by atoms with Crippen LogP contribution in [0, 0.1) is 11.7 Å². The summed E-state index contributed by atoms with van der Waals surface area (Å²) >= 11 is 0. The first-order valence-corrected chi connectivity index (χ1v) is 10.2. The average molecular weight is 421 g/mol. The second-order valence-electron chi connectivity index (χ2n) is 8.05. The zero-order valence-corrected chi connectivity index (χ0v) is 17.2. The summed E-state index contributed by atoms with van der Waals surface area (Å²) in [5, 5.41) is 13.2. The molecule has 7 heteroatoms. The quantitative estimate of drug-likeness (QED) is 0.579. The Morgan fingerprint density at radius 2 is 2.03 bits per heavy atom. The minimum absolute atomic E-state index is 0.168. The molecule has 2 N–H and O–H groups in total. The molecule has 31 heavy (non-hydrogen) atoms. The lowest BCUT2D eigenvalue weighted by molar-refractivity contribution is 0.0354. The Hall–Kier alpha value is -3.32. The van der Waals surface area contributed by atoms with Crippen LogP contribution in [0.3, 0.4) is 0 Å². The number of aliphatic hydroxyl groups is 1. The van der Waals surface area contributed by atoms with Crippen LogP contribution >= 0.6 is 0 Å².